The summed E-state index contributed by atoms with van der Waals surface area (Å²) >= 11 is 0. The van der Waals surface area contributed by atoms with Crippen LogP contribution in [0.15, 0.2) is 48.7 Å². The lowest BCUT2D eigenvalue weighted by molar-refractivity contribution is 0.0986. The van der Waals surface area contributed by atoms with E-state index in [1.165, 1.54) is 38.5 Å². The number of methoxy groups -OCH3 is 1. The first-order valence-electron chi connectivity index (χ1n) is 12.1. The topological polar surface area (TPSA) is 101 Å². The average Bonchev–Trinajstić information content (AvgIpc) is 2.88. The van der Waals surface area contributed by atoms with Crippen molar-refractivity contribution >= 4 is 10.4 Å². The second-order valence-corrected chi connectivity index (χ2v) is 9.72. The third-order valence-electron chi connectivity index (χ3n) is 6.28. The van der Waals surface area contributed by atoms with Crippen molar-refractivity contribution in [1.82, 2.24) is 15.2 Å². The second kappa shape index (κ2) is 13.7. The van der Waals surface area contributed by atoms with Gasteiger partial charge in [-0.05, 0) is 18.2 Å². The van der Waals surface area contributed by atoms with E-state index < -0.39 is 16.5 Å². The summed E-state index contributed by atoms with van der Waals surface area (Å²) in [6.45, 7) is 3.26. The molecule has 1 saturated carbocycles. The van der Waals surface area contributed by atoms with Crippen LogP contribution in [-0.2, 0) is 14.6 Å². The van der Waals surface area contributed by atoms with Crippen molar-refractivity contribution in [3.05, 3.63) is 59.9 Å². The Morgan fingerprint density at radius 3 is 2.18 bits per heavy atom. The van der Waals surface area contributed by atoms with E-state index in [1.54, 1.807) is 31.5 Å². The van der Waals surface area contributed by atoms with E-state index in [2.05, 4.69) is 15.2 Å². The molecule has 2 aromatic rings. The average molecular weight is 492 g/mol. The monoisotopic (exact) mass is 491 g/mol. The van der Waals surface area contributed by atoms with E-state index in [0.717, 1.165) is 37.5 Å². The highest BCUT2D eigenvalue weighted by Gasteiger charge is 2.31. The molecule has 1 aromatic carbocycles. The third kappa shape index (κ3) is 8.63. The maximum Gasteiger partial charge on any atom is 0.398 e. The molecule has 9 heteroatoms. The molecule has 4 rings (SSSR count). The molecule has 1 aromatic heterocycles. The summed E-state index contributed by atoms with van der Waals surface area (Å²) in [6.07, 6.45) is 9.93. The number of aromatic nitrogens is 1. The molecule has 0 spiro atoms. The molecule has 1 aliphatic carbocycles. The van der Waals surface area contributed by atoms with Crippen molar-refractivity contribution in [3.8, 4) is 5.75 Å². The van der Waals surface area contributed by atoms with Crippen LogP contribution in [0.3, 0.4) is 0 Å². The smallest absolute Gasteiger partial charge is 0.398 e. The minimum Gasteiger partial charge on any atom is -0.496 e. The Balaban J connectivity index is 0.000000469. The standard InChI is InChI=1S/C19H25N3O5S.C6H12/c1-26-18-8-3-2-6-15(18)17(22-12-10-20-11-13-22)14-19(27-28(23,24)25)16-7-4-5-9-21-16;1-2-4-6-5-3-1/h2-9,17,19-20H,10-14H2,1H3,(H,23,24,25);1-6H2. The molecule has 2 fully saturated rings. The van der Waals surface area contributed by atoms with Crippen molar-refractivity contribution in [2.75, 3.05) is 33.3 Å². The van der Waals surface area contributed by atoms with Crippen molar-refractivity contribution in [2.24, 2.45) is 0 Å². The van der Waals surface area contributed by atoms with Crippen LogP contribution in [0, 0.1) is 0 Å². The van der Waals surface area contributed by atoms with Crippen LogP contribution in [0.2, 0.25) is 0 Å². The summed E-state index contributed by atoms with van der Waals surface area (Å²) in [5.41, 5.74) is 1.38. The number of hydrogen-bond donors (Lipinski definition) is 2. The molecule has 1 saturated heterocycles. The van der Waals surface area contributed by atoms with E-state index in [-0.39, 0.29) is 12.5 Å². The van der Waals surface area contributed by atoms with Gasteiger partial charge in [-0.15, -0.1) is 0 Å². The van der Waals surface area contributed by atoms with Crippen LogP contribution in [0.5, 0.6) is 5.75 Å². The molecule has 2 N–H and O–H groups in total. The molecule has 188 valence electrons. The largest absolute Gasteiger partial charge is 0.496 e. The summed E-state index contributed by atoms with van der Waals surface area (Å²) in [6, 6.07) is 12.7. The fourth-order valence-electron chi connectivity index (χ4n) is 4.59. The molecule has 34 heavy (non-hydrogen) atoms. The maximum absolute atomic E-state index is 11.5. The molecule has 2 aliphatic rings. The molecule has 1 aliphatic heterocycles. The Labute approximate surface area is 203 Å². The minimum atomic E-state index is -4.65. The Hall–Kier alpha value is -2.04. The Bertz CT molecular complexity index is 937. The predicted molar refractivity (Wildman–Crippen MR) is 132 cm³/mol. The van der Waals surface area contributed by atoms with Crippen LogP contribution in [0.1, 0.15) is 68.3 Å². The highest BCUT2D eigenvalue weighted by atomic mass is 32.3. The van der Waals surface area contributed by atoms with Gasteiger partial charge in [0.05, 0.1) is 12.8 Å². The number of nitrogens with one attached hydrogen (secondary N) is 1. The van der Waals surface area contributed by atoms with Crippen molar-refractivity contribution in [1.29, 1.82) is 0 Å². The van der Waals surface area contributed by atoms with E-state index in [0.29, 0.717) is 5.69 Å². The highest BCUT2D eigenvalue weighted by Crippen LogP contribution is 2.37. The van der Waals surface area contributed by atoms with E-state index in [1.807, 2.05) is 24.3 Å². The number of ether oxygens (including phenoxy) is 1. The molecule has 0 amide bonds. The van der Waals surface area contributed by atoms with Crippen LogP contribution >= 0.6 is 0 Å². The van der Waals surface area contributed by atoms with E-state index in [4.69, 9.17) is 8.92 Å². The minimum absolute atomic E-state index is 0.174. The number of hydrogen-bond acceptors (Lipinski definition) is 7. The number of rotatable bonds is 8. The summed E-state index contributed by atoms with van der Waals surface area (Å²) in [5.74, 6) is 0.720. The summed E-state index contributed by atoms with van der Waals surface area (Å²) in [7, 11) is -3.04. The fraction of sp³-hybridized carbons (Fsp3) is 0.560. The van der Waals surface area contributed by atoms with Gasteiger partial charge in [-0.3, -0.25) is 14.4 Å². The van der Waals surface area contributed by atoms with Crippen LogP contribution in [0.25, 0.3) is 0 Å². The van der Waals surface area contributed by atoms with E-state index in [9.17, 15) is 13.0 Å². The number of para-hydroxylation sites is 1. The maximum atomic E-state index is 11.5. The number of nitrogens with zero attached hydrogens (tertiary/aromatic N) is 2. The molecule has 0 bridgehead atoms. The van der Waals surface area contributed by atoms with E-state index >= 15 is 0 Å². The number of piperazine rings is 1. The third-order valence-corrected chi connectivity index (χ3v) is 6.76. The van der Waals surface area contributed by atoms with Gasteiger partial charge in [0.1, 0.15) is 11.9 Å². The Morgan fingerprint density at radius 1 is 1.00 bits per heavy atom. The highest BCUT2D eigenvalue weighted by molar-refractivity contribution is 7.80. The Kier molecular flexibility index (Phi) is 10.7. The quantitative estimate of drug-likeness (QED) is 0.526. The fourth-order valence-corrected chi connectivity index (χ4v) is 5.06. The number of benzene rings is 1. The number of pyridine rings is 1. The molecule has 2 atom stereocenters. The lowest BCUT2D eigenvalue weighted by Crippen LogP contribution is -2.45. The van der Waals surface area contributed by atoms with Crippen molar-refractivity contribution in [3.63, 3.8) is 0 Å². The van der Waals surface area contributed by atoms with Gasteiger partial charge in [0.25, 0.3) is 0 Å². The molecular formula is C25H37N3O5S. The van der Waals surface area contributed by atoms with Gasteiger partial charge in [-0.25, -0.2) is 4.18 Å². The van der Waals surface area contributed by atoms with Gasteiger partial charge in [-0.2, -0.15) is 8.42 Å². The van der Waals surface area contributed by atoms with Gasteiger partial charge in [0, 0.05) is 50.4 Å². The van der Waals surface area contributed by atoms with Crippen LogP contribution in [0.4, 0.5) is 0 Å². The first-order valence-corrected chi connectivity index (χ1v) is 13.5. The van der Waals surface area contributed by atoms with Gasteiger partial charge in [0.15, 0.2) is 0 Å². The second-order valence-electron chi connectivity index (χ2n) is 8.67. The summed E-state index contributed by atoms with van der Waals surface area (Å²) < 4.78 is 42.9. The SMILES string of the molecule is C1CCCCC1.COc1ccccc1C(CC(OS(=O)(=O)O)c1ccccn1)N1CCNCC1. The molecule has 8 nitrogen and oxygen atoms in total. The Morgan fingerprint density at radius 2 is 1.62 bits per heavy atom. The van der Waals surface area contributed by atoms with Gasteiger partial charge < -0.3 is 10.1 Å². The van der Waals surface area contributed by atoms with Gasteiger partial charge in [0.2, 0.25) is 0 Å². The zero-order chi connectivity index (χ0) is 24.2. The molecule has 0 radical (unpaired) electrons. The normalized spacial score (nSPS) is 18.9. The lowest BCUT2D eigenvalue weighted by Gasteiger charge is -2.37. The molecular weight excluding hydrogens is 454 g/mol. The van der Waals surface area contributed by atoms with Crippen LogP contribution in [-0.4, -0.2) is 56.1 Å². The van der Waals surface area contributed by atoms with Gasteiger partial charge >= 0.3 is 10.4 Å². The summed E-state index contributed by atoms with van der Waals surface area (Å²) in [5, 5.41) is 3.32. The van der Waals surface area contributed by atoms with Crippen molar-refractivity contribution < 1.29 is 21.9 Å². The zero-order valence-electron chi connectivity index (χ0n) is 19.9. The summed E-state index contributed by atoms with van der Waals surface area (Å²) in [4.78, 5) is 6.50. The molecule has 2 unspecified atom stereocenters. The van der Waals surface area contributed by atoms with Gasteiger partial charge in [-0.1, -0.05) is 62.8 Å². The zero-order valence-corrected chi connectivity index (χ0v) is 20.8. The van der Waals surface area contributed by atoms with Crippen molar-refractivity contribution in [2.45, 2.75) is 57.1 Å². The predicted octanol–water partition coefficient (Wildman–Crippen LogP) is 4.33. The first-order chi connectivity index (χ1) is 16.5. The molecule has 2 heterocycles. The van der Waals surface area contributed by atoms with Crippen LogP contribution < -0.4 is 10.1 Å². The lowest BCUT2D eigenvalue weighted by atomic mass is 9.96. The first kappa shape index (κ1) is 26.6.